The van der Waals surface area contributed by atoms with Crippen LogP contribution in [0.5, 0.6) is 0 Å². The van der Waals surface area contributed by atoms with Gasteiger partial charge in [-0.15, -0.1) is 0 Å². The van der Waals surface area contributed by atoms with Crippen molar-refractivity contribution in [3.05, 3.63) is 0 Å². The molecule has 3 nitrogen and oxygen atoms in total. The summed E-state index contributed by atoms with van der Waals surface area (Å²) in [5, 5.41) is 6.41. The normalized spacial score (nSPS) is 8.75. The Balaban J connectivity index is 2.82. The molecule has 0 atom stereocenters. The van der Waals surface area contributed by atoms with Crippen LogP contribution in [0.3, 0.4) is 0 Å². The molecule has 0 fully saturated rings. The first kappa shape index (κ1) is 7.43. The highest BCUT2D eigenvalue weighted by molar-refractivity contribution is 5.72. The van der Waals surface area contributed by atoms with Gasteiger partial charge in [-0.3, -0.25) is 4.79 Å². The molecule has 0 aromatic heterocycles. The molecule has 0 bridgehead atoms. The third-order valence-electron chi connectivity index (χ3n) is 0.709. The molecule has 1 amide bonds. The van der Waals surface area contributed by atoms with Gasteiger partial charge < -0.3 is 5.32 Å². The maximum absolute atomic E-state index is 10.2. The van der Waals surface area contributed by atoms with E-state index in [0.29, 0.717) is 13.1 Å². The van der Waals surface area contributed by atoms with Gasteiger partial charge in [-0.2, -0.15) is 0 Å². The second-order valence-corrected chi connectivity index (χ2v) is 1.52. The number of carbonyl (C=O) groups is 1. The Morgan fingerprint density at radius 1 is 1.75 bits per heavy atom. The summed E-state index contributed by atoms with van der Waals surface area (Å²) in [6.45, 7) is 2.86. The lowest BCUT2D eigenvalue weighted by Gasteiger charge is -1.96. The molecule has 0 saturated carbocycles. The third-order valence-corrected chi connectivity index (χ3v) is 0.709. The molecule has 0 aromatic carbocycles. The van der Waals surface area contributed by atoms with E-state index in [-0.39, 0.29) is 5.91 Å². The van der Waals surface area contributed by atoms with Gasteiger partial charge in [-0.1, -0.05) is 0 Å². The van der Waals surface area contributed by atoms with Crippen LogP contribution in [-0.4, -0.2) is 26.0 Å². The predicted octanol–water partition coefficient (Wildman–Crippen LogP) is -0.643. The molecule has 0 aliphatic rings. The van der Waals surface area contributed by atoms with Crippen LogP contribution in [0.4, 0.5) is 0 Å². The van der Waals surface area contributed by atoms with Crippen molar-refractivity contribution in [3.8, 4) is 0 Å². The summed E-state index contributed by atoms with van der Waals surface area (Å²) in [5.74, 6) is 0.00801. The van der Waals surface area contributed by atoms with E-state index in [0.717, 1.165) is 0 Å². The molecule has 0 aliphatic carbocycles. The SMILES string of the molecule is C[N]CCNC(C)=O. The fourth-order valence-corrected chi connectivity index (χ4v) is 0.344. The largest absolute Gasteiger partial charge is 0.355 e. The second kappa shape index (κ2) is 4.59. The lowest BCUT2D eigenvalue weighted by molar-refractivity contribution is -0.118. The first-order chi connectivity index (χ1) is 3.77. The maximum Gasteiger partial charge on any atom is 0.216 e. The Labute approximate surface area is 49.5 Å². The predicted molar refractivity (Wildman–Crippen MR) is 31.6 cm³/mol. The number of amides is 1. The molecule has 1 N–H and O–H groups in total. The van der Waals surface area contributed by atoms with Crippen LogP contribution in [-0.2, 0) is 4.79 Å². The van der Waals surface area contributed by atoms with Gasteiger partial charge in [0, 0.05) is 27.1 Å². The summed E-state index contributed by atoms with van der Waals surface area (Å²) in [4.78, 5) is 10.2. The monoisotopic (exact) mass is 115 g/mol. The Kier molecular flexibility index (Phi) is 4.26. The van der Waals surface area contributed by atoms with Gasteiger partial charge in [0.05, 0.1) is 0 Å². The standard InChI is InChI=1S/C5H11N2O/c1-5(8)7-4-3-6-2/h3-4H2,1-2H3,(H,7,8). The minimum absolute atomic E-state index is 0.00801. The molecule has 0 aliphatic heterocycles. The lowest BCUT2D eigenvalue weighted by atomic mass is 10.6. The molecule has 0 rings (SSSR count). The van der Waals surface area contributed by atoms with E-state index in [1.165, 1.54) is 6.92 Å². The molecule has 3 heteroatoms. The average Bonchev–Trinajstić information content (AvgIpc) is 1.66. The van der Waals surface area contributed by atoms with Gasteiger partial charge in [0.15, 0.2) is 0 Å². The van der Waals surface area contributed by atoms with E-state index in [1.54, 1.807) is 7.05 Å². The van der Waals surface area contributed by atoms with Crippen molar-refractivity contribution >= 4 is 5.91 Å². The molecule has 0 heterocycles. The van der Waals surface area contributed by atoms with Gasteiger partial charge in [0.25, 0.3) is 0 Å². The molecule has 47 valence electrons. The van der Waals surface area contributed by atoms with Crippen LogP contribution >= 0.6 is 0 Å². The molecule has 0 spiro atoms. The van der Waals surface area contributed by atoms with E-state index in [2.05, 4.69) is 10.6 Å². The Morgan fingerprint density at radius 2 is 2.38 bits per heavy atom. The molecular weight excluding hydrogens is 104 g/mol. The van der Waals surface area contributed by atoms with E-state index in [4.69, 9.17) is 0 Å². The molecule has 8 heavy (non-hydrogen) atoms. The molecular formula is C5H11N2O. The van der Waals surface area contributed by atoms with Crippen LogP contribution in [0.15, 0.2) is 0 Å². The number of nitrogens with one attached hydrogen (secondary N) is 1. The second-order valence-electron chi connectivity index (χ2n) is 1.52. The van der Waals surface area contributed by atoms with Crippen LogP contribution in [0.2, 0.25) is 0 Å². The van der Waals surface area contributed by atoms with Crippen molar-refractivity contribution in [2.24, 2.45) is 0 Å². The number of hydrogen-bond donors (Lipinski definition) is 1. The highest BCUT2D eigenvalue weighted by Crippen LogP contribution is 1.58. The molecule has 0 saturated heterocycles. The minimum atomic E-state index is 0.00801. The average molecular weight is 115 g/mol. The van der Waals surface area contributed by atoms with Gasteiger partial charge in [-0.05, 0) is 0 Å². The van der Waals surface area contributed by atoms with Gasteiger partial charge in [-0.25, -0.2) is 5.32 Å². The van der Waals surface area contributed by atoms with Crippen LogP contribution in [0.1, 0.15) is 6.92 Å². The summed E-state index contributed by atoms with van der Waals surface area (Å²) in [6.07, 6.45) is 0. The summed E-state index contributed by atoms with van der Waals surface area (Å²) in [6, 6.07) is 0. The highest BCUT2D eigenvalue weighted by atomic mass is 16.1. The minimum Gasteiger partial charge on any atom is -0.355 e. The smallest absolute Gasteiger partial charge is 0.216 e. The molecule has 0 aromatic rings. The lowest BCUT2D eigenvalue weighted by Crippen LogP contribution is -2.25. The van der Waals surface area contributed by atoms with Crippen LogP contribution < -0.4 is 10.6 Å². The van der Waals surface area contributed by atoms with Crippen molar-refractivity contribution in [3.63, 3.8) is 0 Å². The van der Waals surface area contributed by atoms with Crippen LogP contribution in [0.25, 0.3) is 0 Å². The first-order valence-corrected chi connectivity index (χ1v) is 2.57. The Bertz CT molecular complexity index is 72.8. The quantitative estimate of drug-likeness (QED) is 0.488. The third kappa shape index (κ3) is 5.43. The maximum atomic E-state index is 10.2. The Morgan fingerprint density at radius 3 is 2.75 bits per heavy atom. The van der Waals surface area contributed by atoms with E-state index >= 15 is 0 Å². The van der Waals surface area contributed by atoms with Crippen molar-refractivity contribution in [1.29, 1.82) is 0 Å². The number of hydrogen-bond acceptors (Lipinski definition) is 1. The topological polar surface area (TPSA) is 43.2 Å². The number of rotatable bonds is 3. The van der Waals surface area contributed by atoms with E-state index < -0.39 is 0 Å². The van der Waals surface area contributed by atoms with Gasteiger partial charge >= 0.3 is 0 Å². The number of nitrogens with zero attached hydrogens (tertiary/aromatic N) is 1. The van der Waals surface area contributed by atoms with Gasteiger partial charge in [0.2, 0.25) is 5.91 Å². The van der Waals surface area contributed by atoms with E-state index in [9.17, 15) is 4.79 Å². The van der Waals surface area contributed by atoms with Gasteiger partial charge in [0.1, 0.15) is 0 Å². The zero-order chi connectivity index (χ0) is 6.41. The fraction of sp³-hybridized carbons (Fsp3) is 0.800. The zero-order valence-electron chi connectivity index (χ0n) is 5.27. The summed E-state index contributed by atoms with van der Waals surface area (Å²) < 4.78 is 0. The molecule has 1 radical (unpaired) electrons. The number of likely N-dealkylation sites (N-methyl/N-ethyl adjacent to an activating group) is 1. The van der Waals surface area contributed by atoms with Crippen LogP contribution in [0, 0.1) is 0 Å². The van der Waals surface area contributed by atoms with Crippen molar-refractivity contribution < 1.29 is 4.79 Å². The van der Waals surface area contributed by atoms with Crippen molar-refractivity contribution in [1.82, 2.24) is 10.6 Å². The van der Waals surface area contributed by atoms with E-state index in [1.807, 2.05) is 0 Å². The zero-order valence-corrected chi connectivity index (χ0v) is 5.27. The summed E-state index contributed by atoms with van der Waals surface area (Å²) in [7, 11) is 1.72. The van der Waals surface area contributed by atoms with Crippen molar-refractivity contribution in [2.45, 2.75) is 6.92 Å². The Hall–Kier alpha value is -0.570. The summed E-state index contributed by atoms with van der Waals surface area (Å²) >= 11 is 0. The number of carbonyl (C=O) groups excluding carboxylic acids is 1. The summed E-state index contributed by atoms with van der Waals surface area (Å²) in [5.41, 5.74) is 0. The fourth-order valence-electron chi connectivity index (χ4n) is 0.344. The first-order valence-electron chi connectivity index (χ1n) is 2.57. The van der Waals surface area contributed by atoms with Crippen molar-refractivity contribution in [2.75, 3.05) is 20.1 Å². The highest BCUT2D eigenvalue weighted by Gasteiger charge is 1.85. The molecule has 0 unspecified atom stereocenters.